The molecule has 1 atom stereocenters. The summed E-state index contributed by atoms with van der Waals surface area (Å²) in [6.07, 6.45) is 6.04. The summed E-state index contributed by atoms with van der Waals surface area (Å²) in [5, 5.41) is 21.7. The normalized spacial score (nSPS) is 12.3. The molecule has 0 radical (unpaired) electrons. The Kier molecular flexibility index (Phi) is 5.82. The molecule has 0 aliphatic heterocycles. The number of hydrogen-bond donors (Lipinski definition) is 4. The van der Waals surface area contributed by atoms with Crippen LogP contribution in [0.3, 0.4) is 0 Å². The van der Waals surface area contributed by atoms with Crippen LogP contribution in [0.5, 0.6) is 0 Å². The number of benzene rings is 1. The number of nitrogens with zero attached hydrogens (tertiary/aromatic N) is 4. The molecule has 0 saturated carbocycles. The molecule has 8 nitrogen and oxygen atoms in total. The average Bonchev–Trinajstić information content (AvgIpc) is 3.53. The van der Waals surface area contributed by atoms with Gasteiger partial charge >= 0.3 is 0 Å². The van der Waals surface area contributed by atoms with E-state index in [1.165, 1.54) is 12.1 Å². The van der Waals surface area contributed by atoms with Crippen molar-refractivity contribution in [2.45, 2.75) is 26.0 Å². The van der Waals surface area contributed by atoms with Crippen molar-refractivity contribution >= 4 is 27.8 Å². The van der Waals surface area contributed by atoms with Crippen molar-refractivity contribution in [1.82, 2.24) is 30.1 Å². The summed E-state index contributed by atoms with van der Waals surface area (Å²) >= 11 is 0. The third-order valence-electron chi connectivity index (χ3n) is 6.28. The van der Waals surface area contributed by atoms with Gasteiger partial charge in [0.25, 0.3) is 0 Å². The molecule has 0 fully saturated rings. The van der Waals surface area contributed by atoms with Gasteiger partial charge in [0.1, 0.15) is 28.9 Å². The fourth-order valence-corrected chi connectivity index (χ4v) is 4.48. The summed E-state index contributed by atoms with van der Waals surface area (Å²) < 4.78 is 13.5. The smallest absolute Gasteiger partial charge is 0.138 e. The fourth-order valence-electron chi connectivity index (χ4n) is 4.48. The van der Waals surface area contributed by atoms with Gasteiger partial charge < -0.3 is 15.4 Å². The molecule has 37 heavy (non-hydrogen) atoms. The molecule has 0 spiro atoms. The van der Waals surface area contributed by atoms with Crippen LogP contribution in [0.4, 0.5) is 10.1 Å². The zero-order valence-electron chi connectivity index (χ0n) is 20.0. The van der Waals surface area contributed by atoms with Gasteiger partial charge in [-0.3, -0.25) is 10.1 Å². The molecular weight excluding hydrogens is 469 g/mol. The minimum absolute atomic E-state index is 0.276. The number of nitrogens with one attached hydrogen (secondary N) is 3. The van der Waals surface area contributed by atoms with E-state index >= 15 is 0 Å². The molecule has 0 amide bonds. The number of aliphatic hydroxyl groups is 1. The van der Waals surface area contributed by atoms with E-state index in [1.807, 2.05) is 37.3 Å². The molecule has 184 valence electrons. The second-order valence-corrected chi connectivity index (χ2v) is 8.89. The van der Waals surface area contributed by atoms with Gasteiger partial charge in [0.05, 0.1) is 28.8 Å². The predicted molar refractivity (Wildman–Crippen MR) is 142 cm³/mol. The third kappa shape index (κ3) is 4.41. The minimum atomic E-state index is -0.631. The van der Waals surface area contributed by atoms with Crippen LogP contribution < -0.4 is 5.32 Å². The maximum Gasteiger partial charge on any atom is 0.138 e. The van der Waals surface area contributed by atoms with Gasteiger partial charge in [0, 0.05) is 23.3 Å². The first kappa shape index (κ1) is 22.8. The summed E-state index contributed by atoms with van der Waals surface area (Å²) in [4.78, 5) is 17.1. The van der Waals surface area contributed by atoms with Gasteiger partial charge in [-0.05, 0) is 60.0 Å². The maximum absolute atomic E-state index is 13.5. The number of aliphatic hydroxyl groups excluding tert-OH is 1. The summed E-state index contributed by atoms with van der Waals surface area (Å²) in [6, 6.07) is 16.1. The van der Waals surface area contributed by atoms with Gasteiger partial charge in [0.15, 0.2) is 0 Å². The number of rotatable bonds is 7. The van der Waals surface area contributed by atoms with Crippen molar-refractivity contribution in [2.75, 3.05) is 5.32 Å². The van der Waals surface area contributed by atoms with Crippen LogP contribution in [0.25, 0.3) is 55.8 Å². The van der Waals surface area contributed by atoms with Crippen LogP contribution >= 0.6 is 0 Å². The van der Waals surface area contributed by atoms with Crippen LogP contribution in [0.15, 0.2) is 73.2 Å². The Balaban J connectivity index is 1.39. The number of fused-ring (bicyclic) bond motifs is 2. The van der Waals surface area contributed by atoms with E-state index in [4.69, 9.17) is 4.98 Å². The Morgan fingerprint density at radius 2 is 1.89 bits per heavy atom. The number of aromatic amines is 2. The molecule has 6 rings (SSSR count). The number of anilines is 1. The zero-order valence-corrected chi connectivity index (χ0v) is 20.0. The van der Waals surface area contributed by atoms with Crippen LogP contribution in [0, 0.1) is 5.82 Å². The highest BCUT2D eigenvalue weighted by Gasteiger charge is 2.16. The first-order valence-corrected chi connectivity index (χ1v) is 12.1. The number of halogens is 1. The number of aromatic nitrogens is 6. The lowest BCUT2D eigenvalue weighted by Crippen LogP contribution is -2.18. The number of hydrogen-bond acceptors (Lipinski definition) is 6. The minimum Gasteiger partial charge on any atom is -0.374 e. The first-order valence-electron chi connectivity index (χ1n) is 12.1. The van der Waals surface area contributed by atoms with Gasteiger partial charge in [0.2, 0.25) is 0 Å². The van der Waals surface area contributed by atoms with Crippen molar-refractivity contribution < 1.29 is 9.50 Å². The highest BCUT2D eigenvalue weighted by molar-refractivity contribution is 5.99. The van der Waals surface area contributed by atoms with Crippen LogP contribution in [0.1, 0.15) is 19.8 Å². The quantitative estimate of drug-likeness (QED) is 0.206. The van der Waals surface area contributed by atoms with Crippen LogP contribution in [-0.4, -0.2) is 41.5 Å². The van der Waals surface area contributed by atoms with E-state index in [1.54, 1.807) is 30.7 Å². The van der Waals surface area contributed by atoms with Crippen LogP contribution in [0.2, 0.25) is 0 Å². The van der Waals surface area contributed by atoms with Gasteiger partial charge in [-0.25, -0.2) is 14.4 Å². The summed E-state index contributed by atoms with van der Waals surface area (Å²) in [6.45, 7) is 2.02. The summed E-state index contributed by atoms with van der Waals surface area (Å²) in [5.74, 6) is -0.276. The van der Waals surface area contributed by atoms with E-state index < -0.39 is 6.23 Å². The SMILES string of the molecule is CCCC(O)Nc1cncc(-c2ccc3[nH]nc(-c4cc5c(-c6ccc(F)cc6)ccnc5[nH]4)c3n2)c1. The predicted octanol–water partition coefficient (Wildman–Crippen LogP) is 5.90. The van der Waals surface area contributed by atoms with E-state index in [9.17, 15) is 9.50 Å². The Bertz CT molecular complexity index is 1710. The molecule has 0 aliphatic carbocycles. The lowest BCUT2D eigenvalue weighted by molar-refractivity contribution is 0.192. The lowest BCUT2D eigenvalue weighted by Gasteiger charge is -2.13. The van der Waals surface area contributed by atoms with Crippen LogP contribution in [-0.2, 0) is 0 Å². The van der Waals surface area contributed by atoms with Gasteiger partial charge in [-0.15, -0.1) is 0 Å². The van der Waals surface area contributed by atoms with Gasteiger partial charge in [-0.1, -0.05) is 25.5 Å². The molecule has 0 saturated heterocycles. The molecule has 0 aliphatic rings. The number of pyridine rings is 3. The van der Waals surface area contributed by atoms with E-state index in [2.05, 4.69) is 30.5 Å². The molecule has 1 aromatic carbocycles. The largest absolute Gasteiger partial charge is 0.374 e. The molecule has 0 bridgehead atoms. The first-order chi connectivity index (χ1) is 18.1. The molecule has 1 unspecified atom stereocenters. The molecule has 5 heterocycles. The van der Waals surface area contributed by atoms with Crippen molar-refractivity contribution in [3.63, 3.8) is 0 Å². The Morgan fingerprint density at radius 1 is 1.03 bits per heavy atom. The molecule has 6 aromatic rings. The highest BCUT2D eigenvalue weighted by Crippen LogP contribution is 2.33. The Morgan fingerprint density at radius 3 is 2.73 bits per heavy atom. The van der Waals surface area contributed by atoms with Crippen molar-refractivity contribution in [3.8, 4) is 33.8 Å². The summed E-state index contributed by atoms with van der Waals surface area (Å²) in [7, 11) is 0. The van der Waals surface area contributed by atoms with Crippen molar-refractivity contribution in [2.24, 2.45) is 0 Å². The maximum atomic E-state index is 13.5. The molecular formula is C28H24FN7O. The monoisotopic (exact) mass is 493 g/mol. The Labute approximate surface area is 211 Å². The topological polar surface area (TPSA) is 115 Å². The molecule has 4 N–H and O–H groups in total. The average molecular weight is 494 g/mol. The second kappa shape index (κ2) is 9.44. The fraction of sp³-hybridized carbons (Fsp3) is 0.143. The molecule has 5 aromatic heterocycles. The zero-order chi connectivity index (χ0) is 25.4. The highest BCUT2D eigenvalue weighted by atomic mass is 19.1. The van der Waals surface area contributed by atoms with Crippen molar-refractivity contribution in [1.29, 1.82) is 0 Å². The Hall–Kier alpha value is -4.63. The molecule has 9 heteroatoms. The van der Waals surface area contributed by atoms with E-state index in [-0.39, 0.29) is 5.82 Å². The van der Waals surface area contributed by atoms with Gasteiger partial charge in [-0.2, -0.15) is 5.10 Å². The van der Waals surface area contributed by atoms with Crippen molar-refractivity contribution in [3.05, 3.63) is 79.0 Å². The van der Waals surface area contributed by atoms with E-state index in [0.717, 1.165) is 51.1 Å². The third-order valence-corrected chi connectivity index (χ3v) is 6.28. The second-order valence-electron chi connectivity index (χ2n) is 8.89. The standard InChI is InChI=1S/C28H24FN7O/c1-2-3-25(37)32-19-12-17(14-30-15-19)22-8-9-23-26(33-22)27(36-35-23)24-13-21-20(10-11-31-28(21)34-24)16-4-6-18(29)7-5-16/h4-15,25,32,37H,2-3H2,1H3,(H,31,34)(H,35,36). The number of H-pyrrole nitrogens is 2. The summed E-state index contributed by atoms with van der Waals surface area (Å²) in [5.41, 5.74) is 7.77. The lowest BCUT2D eigenvalue weighted by atomic mass is 10.0. The van der Waals surface area contributed by atoms with E-state index in [0.29, 0.717) is 23.3 Å².